The molecule has 0 aromatic heterocycles. The van der Waals surface area contributed by atoms with Crippen molar-refractivity contribution in [2.75, 3.05) is 13.2 Å². The maximum absolute atomic E-state index is 12.7. The topological polar surface area (TPSA) is 225 Å². The van der Waals surface area contributed by atoms with Crippen LogP contribution in [0.25, 0.3) is 0 Å². The molecule has 12 heteroatoms. The van der Waals surface area contributed by atoms with Crippen molar-refractivity contribution in [3.05, 3.63) is 41.0 Å². The van der Waals surface area contributed by atoms with Gasteiger partial charge in [-0.3, -0.25) is 9.59 Å². The van der Waals surface area contributed by atoms with Crippen LogP contribution < -0.4 is 0 Å². The van der Waals surface area contributed by atoms with Crippen LogP contribution in [-0.2, 0) is 4.74 Å². The number of carbonyl (C=O) groups is 2. The van der Waals surface area contributed by atoms with E-state index in [0.717, 1.165) is 18.2 Å². The minimum atomic E-state index is -2.02. The maximum Gasteiger partial charge on any atom is 0.178 e. The Kier molecular flexibility index (Phi) is 7.00. The van der Waals surface area contributed by atoms with Crippen LogP contribution in [0, 0.1) is 0 Å². The smallest absolute Gasteiger partial charge is 0.178 e. The molecule has 1 fully saturated rings. The van der Waals surface area contributed by atoms with Gasteiger partial charge in [0, 0.05) is 24.7 Å². The molecule has 0 bridgehead atoms. The highest BCUT2D eigenvalue weighted by atomic mass is 16.5. The Bertz CT molecular complexity index is 1110. The molecule has 0 saturated carbocycles. The van der Waals surface area contributed by atoms with E-state index in [1.165, 1.54) is 0 Å². The van der Waals surface area contributed by atoms with Gasteiger partial charge in [-0.15, -0.1) is 0 Å². The van der Waals surface area contributed by atoms with E-state index in [2.05, 4.69) is 0 Å². The Hall–Kier alpha value is -3.42. The summed E-state index contributed by atoms with van der Waals surface area (Å²) in [4.78, 5) is 25.2. The Balaban J connectivity index is 1.93. The predicted octanol–water partition coefficient (Wildman–Crippen LogP) is -0.423. The fourth-order valence-electron chi connectivity index (χ4n) is 3.81. The number of ketones is 2. The number of rotatable bonds is 7. The van der Waals surface area contributed by atoms with E-state index in [1.807, 2.05) is 0 Å². The second-order valence-corrected chi connectivity index (χ2v) is 8.02. The van der Waals surface area contributed by atoms with Crippen LogP contribution in [0.5, 0.6) is 28.7 Å². The molecule has 0 amide bonds. The van der Waals surface area contributed by atoms with Gasteiger partial charge in [0.1, 0.15) is 46.7 Å². The summed E-state index contributed by atoms with van der Waals surface area (Å²) < 4.78 is 5.32. The molecule has 34 heavy (non-hydrogen) atoms. The zero-order valence-corrected chi connectivity index (χ0v) is 17.6. The van der Waals surface area contributed by atoms with Crippen LogP contribution in [0.3, 0.4) is 0 Å². The second kappa shape index (κ2) is 9.44. The van der Waals surface area contributed by atoms with E-state index in [0.29, 0.717) is 6.07 Å². The number of carbonyl (C=O) groups excluding carboxylic acids is 2. The first-order valence-electron chi connectivity index (χ1n) is 10.1. The molecule has 1 saturated heterocycles. The summed E-state index contributed by atoms with van der Waals surface area (Å²) in [6.07, 6.45) is -6.66. The zero-order valence-electron chi connectivity index (χ0n) is 17.6. The number of aliphatic hydroxyl groups excluding tert-OH is 3. The number of aliphatic hydroxyl groups is 4. The van der Waals surface area contributed by atoms with E-state index in [4.69, 9.17) is 9.84 Å². The molecule has 1 aliphatic heterocycles. The molecule has 0 aliphatic carbocycles. The van der Waals surface area contributed by atoms with Gasteiger partial charge in [-0.05, 0) is 18.2 Å². The Labute approximate surface area is 192 Å². The predicted molar refractivity (Wildman–Crippen MR) is 112 cm³/mol. The van der Waals surface area contributed by atoms with Crippen LogP contribution in [0.15, 0.2) is 24.3 Å². The van der Waals surface area contributed by atoms with Crippen LogP contribution >= 0.6 is 0 Å². The Morgan fingerprint density at radius 2 is 1.62 bits per heavy atom. The molecule has 9 N–H and O–H groups in total. The van der Waals surface area contributed by atoms with Crippen LogP contribution in [0.4, 0.5) is 0 Å². The third-order valence-corrected chi connectivity index (χ3v) is 5.72. The molecule has 2 aromatic carbocycles. The minimum absolute atomic E-state index is 0.140. The van der Waals surface area contributed by atoms with E-state index in [-0.39, 0.29) is 12.0 Å². The van der Waals surface area contributed by atoms with E-state index >= 15 is 0 Å². The first-order chi connectivity index (χ1) is 15.9. The van der Waals surface area contributed by atoms with Crippen molar-refractivity contribution in [1.82, 2.24) is 0 Å². The fourth-order valence-corrected chi connectivity index (χ4v) is 3.81. The number of Topliss-reactive ketones (excluding diaryl/α,β-unsaturated/α-hetero) is 2. The zero-order chi connectivity index (χ0) is 25.4. The molecule has 1 aliphatic rings. The lowest BCUT2D eigenvalue weighted by molar-refractivity contribution is -0.240. The highest BCUT2D eigenvalue weighted by Crippen LogP contribution is 2.46. The molecule has 0 radical (unpaired) electrons. The third kappa shape index (κ3) is 4.49. The lowest BCUT2D eigenvalue weighted by Gasteiger charge is -2.43. The molecule has 1 heterocycles. The normalized spacial score (nSPS) is 24.6. The summed E-state index contributed by atoms with van der Waals surface area (Å²) in [5, 5.41) is 90.2. The summed E-state index contributed by atoms with van der Waals surface area (Å²) in [5.74, 6) is -5.70. The first-order valence-corrected chi connectivity index (χ1v) is 10.1. The van der Waals surface area contributed by atoms with Crippen molar-refractivity contribution < 1.29 is 60.3 Å². The van der Waals surface area contributed by atoms with E-state index < -0.39 is 95.0 Å². The fraction of sp³-hybridized carbons (Fsp3) is 0.364. The highest BCUT2D eigenvalue weighted by Gasteiger charge is 2.50. The summed E-state index contributed by atoms with van der Waals surface area (Å²) in [6, 6.07) is 3.78. The van der Waals surface area contributed by atoms with Gasteiger partial charge in [0.15, 0.2) is 23.1 Å². The quantitative estimate of drug-likeness (QED) is 0.140. The van der Waals surface area contributed by atoms with Crippen molar-refractivity contribution in [3.63, 3.8) is 0 Å². The van der Waals surface area contributed by atoms with Crippen molar-refractivity contribution in [1.29, 1.82) is 0 Å². The largest absolute Gasteiger partial charge is 0.507 e. The number of benzene rings is 2. The molecule has 0 spiro atoms. The van der Waals surface area contributed by atoms with Crippen LogP contribution in [-0.4, -0.2) is 88.5 Å². The van der Waals surface area contributed by atoms with Gasteiger partial charge in [0.25, 0.3) is 0 Å². The van der Waals surface area contributed by atoms with E-state index in [1.54, 1.807) is 0 Å². The molecule has 184 valence electrons. The van der Waals surface area contributed by atoms with Gasteiger partial charge in [0.2, 0.25) is 0 Å². The van der Waals surface area contributed by atoms with Crippen molar-refractivity contribution in [3.8, 4) is 28.7 Å². The number of hydrogen-bond acceptors (Lipinski definition) is 12. The van der Waals surface area contributed by atoms with Gasteiger partial charge >= 0.3 is 0 Å². The minimum Gasteiger partial charge on any atom is -0.507 e. The standard InChI is InChI=1S/C22H24O12/c23-4-3-22(33)8-34-20(19(31)21(22)32)17-15(29)7-14(28)16(18(17)30)13(27)6-11(25)9-1-2-10(24)12(26)5-9/h1-2,5,7,19-21,23-24,26,28-33H,3-4,6,8H2/t19?,20-,21?,22+/m0/s1. The lowest BCUT2D eigenvalue weighted by atomic mass is 9.82. The highest BCUT2D eigenvalue weighted by molar-refractivity contribution is 6.15. The molecule has 3 rings (SSSR count). The third-order valence-electron chi connectivity index (χ3n) is 5.72. The molecule has 12 nitrogen and oxygen atoms in total. The van der Waals surface area contributed by atoms with Gasteiger partial charge in [-0.25, -0.2) is 0 Å². The van der Waals surface area contributed by atoms with Crippen molar-refractivity contribution in [2.45, 2.75) is 36.8 Å². The number of hydrogen-bond donors (Lipinski definition) is 9. The Morgan fingerprint density at radius 1 is 0.941 bits per heavy atom. The van der Waals surface area contributed by atoms with Crippen molar-refractivity contribution >= 4 is 11.6 Å². The summed E-state index contributed by atoms with van der Waals surface area (Å²) in [5.41, 5.74) is -3.51. The van der Waals surface area contributed by atoms with Gasteiger partial charge in [-0.2, -0.15) is 0 Å². The monoisotopic (exact) mass is 480 g/mol. The maximum atomic E-state index is 12.7. The first kappa shape index (κ1) is 25.2. The molecule has 4 atom stereocenters. The van der Waals surface area contributed by atoms with Crippen molar-refractivity contribution in [2.24, 2.45) is 0 Å². The molecule has 2 unspecified atom stereocenters. The van der Waals surface area contributed by atoms with Crippen LogP contribution in [0.1, 0.15) is 45.2 Å². The average molecular weight is 480 g/mol. The SMILES string of the molecule is O=C(CC(=O)c1c(O)cc(O)c([C@@H]2OC[C@](O)(CCO)C(O)C2O)c1O)c1ccc(O)c(O)c1. The van der Waals surface area contributed by atoms with Gasteiger partial charge < -0.3 is 50.7 Å². The molecular weight excluding hydrogens is 456 g/mol. The number of phenolic OH excluding ortho intramolecular Hbond substituents is 5. The summed E-state index contributed by atoms with van der Waals surface area (Å²) in [6.45, 7) is -1.14. The summed E-state index contributed by atoms with van der Waals surface area (Å²) >= 11 is 0. The number of aromatic hydroxyl groups is 5. The Morgan fingerprint density at radius 3 is 2.24 bits per heavy atom. The molecule has 2 aromatic rings. The lowest BCUT2D eigenvalue weighted by Crippen LogP contribution is -2.58. The van der Waals surface area contributed by atoms with Gasteiger partial charge in [0.05, 0.1) is 18.6 Å². The number of ether oxygens (including phenoxy) is 1. The second-order valence-electron chi connectivity index (χ2n) is 8.02. The van der Waals surface area contributed by atoms with E-state index in [9.17, 15) is 50.4 Å². The van der Waals surface area contributed by atoms with Crippen LogP contribution in [0.2, 0.25) is 0 Å². The average Bonchev–Trinajstić information content (AvgIpc) is 2.75. The van der Waals surface area contributed by atoms with Gasteiger partial charge in [-0.1, -0.05) is 0 Å². The number of phenols is 5. The summed E-state index contributed by atoms with van der Waals surface area (Å²) in [7, 11) is 0. The molecular formula is C22H24O12.